The van der Waals surface area contributed by atoms with Crippen molar-refractivity contribution in [3.8, 4) is 0 Å². The summed E-state index contributed by atoms with van der Waals surface area (Å²) < 4.78 is 14.9. The van der Waals surface area contributed by atoms with Crippen LogP contribution in [0.2, 0.25) is 0 Å². The summed E-state index contributed by atoms with van der Waals surface area (Å²) >= 11 is 5.87. The zero-order chi connectivity index (χ0) is 13.8. The van der Waals surface area contributed by atoms with Gasteiger partial charge in [-0.15, -0.1) is 11.6 Å². The van der Waals surface area contributed by atoms with Crippen LogP contribution in [-0.4, -0.2) is 4.55 Å². The molecule has 2 aromatic carbocycles. The molecule has 0 aliphatic heterocycles. The Kier molecular flexibility index (Phi) is 5.25. The second-order valence-electron chi connectivity index (χ2n) is 3.71. The minimum Gasteiger partial charge on any atom is -0.582 e. The molecule has 0 aliphatic rings. The third-order valence-electron chi connectivity index (χ3n) is 2.63. The van der Waals surface area contributed by atoms with Crippen LogP contribution in [0.5, 0.6) is 0 Å². The number of rotatable bonds is 1. The molecule has 0 fully saturated rings. The van der Waals surface area contributed by atoms with Gasteiger partial charge in [-0.3, -0.25) is 0 Å². The summed E-state index contributed by atoms with van der Waals surface area (Å²) in [5, 5.41) is 2.29. The second kappa shape index (κ2) is 6.73. The molecule has 0 saturated heterocycles. The van der Waals surface area contributed by atoms with Crippen molar-refractivity contribution in [2.75, 3.05) is 0 Å². The number of hydrogen-bond donors (Lipinski definition) is 0. The Bertz CT molecular complexity index is 679. The van der Waals surface area contributed by atoms with Crippen molar-refractivity contribution < 1.29 is 8.97 Å². The highest BCUT2D eigenvalue weighted by Crippen LogP contribution is 2.31. The summed E-state index contributed by atoms with van der Waals surface area (Å²) in [5.74, 6) is 0.483. The first-order valence-corrected chi connectivity index (χ1v) is 8.66. The van der Waals surface area contributed by atoms with Crippen molar-refractivity contribution >= 4 is 64.5 Å². The lowest BCUT2D eigenvalue weighted by Crippen LogP contribution is -1.76. The van der Waals surface area contributed by atoms with Gasteiger partial charge in [0.25, 0.3) is 0 Å². The Morgan fingerprint density at radius 3 is 2.32 bits per heavy atom. The van der Waals surface area contributed by atoms with E-state index >= 15 is 0 Å². The molecule has 0 amide bonds. The molecular weight excluding hydrogens is 327 g/mol. The van der Waals surface area contributed by atoms with Crippen LogP contribution < -0.4 is 0 Å². The van der Waals surface area contributed by atoms with Gasteiger partial charge in [-0.05, 0) is 6.07 Å². The number of halogens is 3. The fourth-order valence-electron chi connectivity index (χ4n) is 1.91. The Balaban J connectivity index is 0.000000297. The average Bonchev–Trinajstić information content (AvgIpc) is 2.76. The maximum atomic E-state index is 9.09. The van der Waals surface area contributed by atoms with Crippen LogP contribution in [0, 0.1) is 0 Å². The molecule has 2 nitrogen and oxygen atoms in total. The molecule has 0 unspecified atom stereocenters. The SMILES string of the molecule is ClCc1cccc2c1oc1ccccc12.[O-][S+](Cl)Cl. The smallest absolute Gasteiger partial charge is 0.198 e. The molecule has 0 N–H and O–H groups in total. The predicted octanol–water partition coefficient (Wildman–Crippen LogP) is 5.37. The highest BCUT2D eigenvalue weighted by molar-refractivity contribution is 8.31. The fourth-order valence-corrected chi connectivity index (χ4v) is 2.12. The zero-order valence-corrected chi connectivity index (χ0v) is 12.7. The Hall–Kier alpha value is -0.580. The van der Waals surface area contributed by atoms with Crippen molar-refractivity contribution in [3.63, 3.8) is 0 Å². The Morgan fingerprint density at radius 2 is 1.63 bits per heavy atom. The van der Waals surface area contributed by atoms with Gasteiger partial charge in [0.2, 0.25) is 0 Å². The van der Waals surface area contributed by atoms with E-state index in [2.05, 4.69) is 33.5 Å². The molecule has 0 atom stereocenters. The van der Waals surface area contributed by atoms with Crippen LogP contribution in [-0.2, 0) is 15.5 Å². The van der Waals surface area contributed by atoms with E-state index in [9.17, 15) is 0 Å². The molecule has 1 aromatic heterocycles. The van der Waals surface area contributed by atoms with Crippen molar-refractivity contribution in [3.05, 3.63) is 48.0 Å². The van der Waals surface area contributed by atoms with Gasteiger partial charge in [-0.2, -0.15) is 0 Å². The number of hydrogen-bond acceptors (Lipinski definition) is 2. The third kappa shape index (κ3) is 3.50. The lowest BCUT2D eigenvalue weighted by molar-refractivity contribution is 0.620. The van der Waals surface area contributed by atoms with E-state index in [0.29, 0.717) is 5.88 Å². The maximum absolute atomic E-state index is 9.09. The summed E-state index contributed by atoms with van der Waals surface area (Å²) in [5.41, 5.74) is 2.88. The zero-order valence-electron chi connectivity index (χ0n) is 9.61. The topological polar surface area (TPSA) is 36.2 Å². The lowest BCUT2D eigenvalue weighted by atomic mass is 10.1. The van der Waals surface area contributed by atoms with Crippen LogP contribution in [0.3, 0.4) is 0 Å². The minimum atomic E-state index is -1.67. The lowest BCUT2D eigenvalue weighted by Gasteiger charge is -1.94. The molecule has 0 spiro atoms. The summed E-state index contributed by atoms with van der Waals surface area (Å²) in [4.78, 5) is 0. The number of alkyl halides is 1. The highest BCUT2D eigenvalue weighted by Gasteiger charge is 2.08. The second-order valence-corrected chi connectivity index (χ2v) is 6.50. The molecule has 19 heavy (non-hydrogen) atoms. The van der Waals surface area contributed by atoms with Crippen molar-refractivity contribution in [2.45, 2.75) is 5.88 Å². The van der Waals surface area contributed by atoms with Crippen LogP contribution >= 0.6 is 33.0 Å². The first kappa shape index (κ1) is 14.8. The van der Waals surface area contributed by atoms with E-state index in [0.717, 1.165) is 27.5 Å². The standard InChI is InChI=1S/C13H9ClO.Cl2OS/c14-8-9-4-3-6-11-10-5-1-2-7-12(10)15-13(9)11;1-4(2)3/h1-7H,8H2;. The van der Waals surface area contributed by atoms with Crippen molar-refractivity contribution in [1.82, 2.24) is 0 Å². The van der Waals surface area contributed by atoms with Gasteiger partial charge < -0.3 is 8.97 Å². The molecule has 0 saturated carbocycles. The fraction of sp³-hybridized carbons (Fsp3) is 0.0769. The van der Waals surface area contributed by atoms with Crippen LogP contribution in [0.25, 0.3) is 21.9 Å². The van der Waals surface area contributed by atoms with Crippen LogP contribution in [0.1, 0.15) is 5.56 Å². The summed E-state index contributed by atoms with van der Waals surface area (Å²) in [7, 11) is 7.36. The minimum absolute atomic E-state index is 0.483. The van der Waals surface area contributed by atoms with Crippen LogP contribution in [0.15, 0.2) is 46.9 Å². The van der Waals surface area contributed by atoms with E-state index in [1.165, 1.54) is 0 Å². The van der Waals surface area contributed by atoms with Crippen LogP contribution in [0.4, 0.5) is 0 Å². The first-order chi connectivity index (χ1) is 9.13. The van der Waals surface area contributed by atoms with Gasteiger partial charge in [0.15, 0.2) is 31.0 Å². The Labute approximate surface area is 127 Å². The average molecular weight is 336 g/mol. The van der Waals surface area contributed by atoms with E-state index in [1.54, 1.807) is 0 Å². The van der Waals surface area contributed by atoms with E-state index in [-0.39, 0.29) is 0 Å². The van der Waals surface area contributed by atoms with Gasteiger partial charge in [0.05, 0.1) is 5.88 Å². The first-order valence-electron chi connectivity index (χ1n) is 5.33. The van der Waals surface area contributed by atoms with Gasteiger partial charge in [-0.25, -0.2) is 0 Å². The van der Waals surface area contributed by atoms with Gasteiger partial charge in [0, 0.05) is 16.3 Å². The summed E-state index contributed by atoms with van der Waals surface area (Å²) in [6.07, 6.45) is 0. The normalized spacial score (nSPS) is 10.8. The molecular formula is C13H9Cl3O2S. The van der Waals surface area contributed by atoms with E-state index < -0.39 is 9.60 Å². The quantitative estimate of drug-likeness (QED) is 0.443. The maximum Gasteiger partial charge on any atom is 0.198 e. The number of furan rings is 1. The summed E-state index contributed by atoms with van der Waals surface area (Å²) in [6.45, 7) is 0. The van der Waals surface area contributed by atoms with Gasteiger partial charge >= 0.3 is 0 Å². The molecule has 0 bridgehead atoms. The molecule has 3 aromatic rings. The molecule has 6 heteroatoms. The highest BCUT2D eigenvalue weighted by atomic mass is 36.0. The number of benzene rings is 2. The monoisotopic (exact) mass is 334 g/mol. The Morgan fingerprint density at radius 1 is 1.00 bits per heavy atom. The molecule has 0 aliphatic carbocycles. The molecule has 0 radical (unpaired) electrons. The number of fused-ring (bicyclic) bond motifs is 3. The van der Waals surface area contributed by atoms with Gasteiger partial charge in [-0.1, -0.05) is 36.4 Å². The molecule has 1 heterocycles. The predicted molar refractivity (Wildman–Crippen MR) is 83.1 cm³/mol. The molecule has 100 valence electrons. The van der Waals surface area contributed by atoms with Gasteiger partial charge in [0.1, 0.15) is 11.2 Å². The van der Waals surface area contributed by atoms with E-state index in [4.69, 9.17) is 20.6 Å². The largest absolute Gasteiger partial charge is 0.582 e. The molecule has 3 rings (SSSR count). The number of para-hydroxylation sites is 2. The summed E-state index contributed by atoms with van der Waals surface area (Å²) in [6, 6.07) is 14.1. The van der Waals surface area contributed by atoms with E-state index in [1.807, 2.05) is 30.3 Å². The van der Waals surface area contributed by atoms with Crippen molar-refractivity contribution in [1.29, 1.82) is 0 Å². The third-order valence-corrected chi connectivity index (χ3v) is 2.92. The van der Waals surface area contributed by atoms with Crippen molar-refractivity contribution in [2.24, 2.45) is 0 Å².